The van der Waals surface area contributed by atoms with Crippen LogP contribution in [0.3, 0.4) is 0 Å². The Hall–Kier alpha value is -2.23. The molecule has 106 valence electrons. The molecule has 2 N–H and O–H groups in total. The van der Waals surface area contributed by atoms with Gasteiger partial charge in [0.15, 0.2) is 0 Å². The number of benzene rings is 1. The van der Waals surface area contributed by atoms with Crippen molar-refractivity contribution in [2.24, 2.45) is 0 Å². The molecule has 1 aliphatic rings. The van der Waals surface area contributed by atoms with Crippen LogP contribution in [0.2, 0.25) is 0 Å². The van der Waals surface area contributed by atoms with Crippen LogP contribution in [-0.4, -0.2) is 16.2 Å². The average molecular weight is 273 g/mol. The van der Waals surface area contributed by atoms with Crippen molar-refractivity contribution in [3.8, 4) is 11.5 Å². The van der Waals surface area contributed by atoms with Crippen LogP contribution in [0.25, 0.3) is 0 Å². The van der Waals surface area contributed by atoms with Gasteiger partial charge < -0.3 is 20.1 Å². The lowest BCUT2D eigenvalue weighted by Gasteiger charge is -2.16. The molecule has 0 saturated heterocycles. The van der Waals surface area contributed by atoms with Crippen LogP contribution in [0.5, 0.6) is 11.5 Å². The number of phenolic OH excluding ortho intramolecular Hbond substituents is 2. The van der Waals surface area contributed by atoms with Gasteiger partial charge >= 0.3 is 0 Å². The van der Waals surface area contributed by atoms with E-state index in [0.29, 0.717) is 30.4 Å². The Morgan fingerprint density at radius 2 is 1.80 bits per heavy atom. The van der Waals surface area contributed by atoms with Crippen LogP contribution in [0, 0.1) is 0 Å². The maximum atomic E-state index is 11.1. The first-order valence-corrected chi connectivity index (χ1v) is 6.57. The van der Waals surface area contributed by atoms with Crippen molar-refractivity contribution in [1.29, 1.82) is 0 Å². The molecule has 0 amide bonds. The third kappa shape index (κ3) is 3.02. The zero-order valence-corrected chi connectivity index (χ0v) is 11.3. The monoisotopic (exact) mass is 273 g/mol. The van der Waals surface area contributed by atoms with Crippen molar-refractivity contribution in [1.82, 2.24) is 0 Å². The van der Waals surface area contributed by atoms with E-state index in [1.165, 1.54) is 12.1 Å². The Labute approximate surface area is 117 Å². The summed E-state index contributed by atoms with van der Waals surface area (Å²) in [5.74, 6) is -0.993. The Kier molecular flexibility index (Phi) is 4.13. The highest BCUT2D eigenvalue weighted by molar-refractivity contribution is 5.84. The standard InChI is InChI=1S/C16H18O4/c1-10-3-2-4-11(16(19)20)5-6-12-13(9-10)15(18)8-7-14(12)17/h3,5,7-8,17-18H,2,4,6,9H2,1H3,(H,19,20)/p-1/b10-3-,11-5-. The molecule has 0 bridgehead atoms. The van der Waals surface area contributed by atoms with E-state index in [1.807, 2.05) is 13.0 Å². The van der Waals surface area contributed by atoms with Gasteiger partial charge in [0.2, 0.25) is 0 Å². The summed E-state index contributed by atoms with van der Waals surface area (Å²) in [6.45, 7) is 1.93. The van der Waals surface area contributed by atoms with Crippen LogP contribution in [0.4, 0.5) is 0 Å². The van der Waals surface area contributed by atoms with Crippen molar-refractivity contribution in [2.45, 2.75) is 32.6 Å². The second-order valence-corrected chi connectivity index (χ2v) is 5.05. The van der Waals surface area contributed by atoms with Crippen molar-refractivity contribution >= 4 is 5.97 Å². The molecule has 0 atom stereocenters. The smallest absolute Gasteiger partial charge is 0.119 e. The molecule has 1 aromatic carbocycles. The Morgan fingerprint density at radius 3 is 2.45 bits per heavy atom. The summed E-state index contributed by atoms with van der Waals surface area (Å²) in [7, 11) is 0. The Bertz CT molecular complexity index is 597. The van der Waals surface area contributed by atoms with Crippen molar-refractivity contribution in [3.63, 3.8) is 0 Å². The summed E-state index contributed by atoms with van der Waals surface area (Å²) in [6.07, 6.45) is 5.36. The number of allylic oxidation sites excluding steroid dienone is 3. The number of aliphatic carboxylic acids is 1. The highest BCUT2D eigenvalue weighted by Gasteiger charge is 2.14. The SMILES string of the molecule is C/C1=C/CC/C(C(=O)[O-])=C/Cc2c(O)ccc(O)c2C1. The highest BCUT2D eigenvalue weighted by Crippen LogP contribution is 2.32. The normalized spacial score (nSPS) is 21.1. The van der Waals surface area contributed by atoms with Crippen LogP contribution >= 0.6 is 0 Å². The lowest BCUT2D eigenvalue weighted by molar-refractivity contribution is -0.299. The highest BCUT2D eigenvalue weighted by atomic mass is 16.4. The van der Waals surface area contributed by atoms with Crippen molar-refractivity contribution < 1.29 is 20.1 Å². The zero-order chi connectivity index (χ0) is 14.7. The first-order valence-electron chi connectivity index (χ1n) is 6.57. The molecule has 1 aromatic rings. The third-order valence-corrected chi connectivity index (χ3v) is 3.56. The summed E-state index contributed by atoms with van der Waals surface area (Å²) < 4.78 is 0. The fourth-order valence-electron chi connectivity index (χ4n) is 2.43. The number of carboxylic acid groups (broad SMARTS) is 1. The average Bonchev–Trinajstić information content (AvgIpc) is 2.40. The number of rotatable bonds is 1. The molecule has 0 aliphatic heterocycles. The van der Waals surface area contributed by atoms with Gasteiger partial charge in [0, 0.05) is 11.1 Å². The molecule has 0 spiro atoms. The van der Waals surface area contributed by atoms with Crippen LogP contribution < -0.4 is 5.11 Å². The lowest BCUT2D eigenvalue weighted by atomic mass is 9.93. The van der Waals surface area contributed by atoms with Gasteiger partial charge in [0.1, 0.15) is 11.5 Å². The molecule has 2 rings (SSSR count). The molecule has 0 heterocycles. The van der Waals surface area contributed by atoms with Crippen LogP contribution in [0.15, 0.2) is 35.4 Å². The fourth-order valence-corrected chi connectivity index (χ4v) is 2.43. The second kappa shape index (κ2) is 5.82. The van der Waals surface area contributed by atoms with Gasteiger partial charge in [0.25, 0.3) is 0 Å². The van der Waals surface area contributed by atoms with Crippen LogP contribution in [0.1, 0.15) is 30.9 Å². The maximum absolute atomic E-state index is 11.1. The van der Waals surface area contributed by atoms with Crippen LogP contribution in [-0.2, 0) is 17.6 Å². The molecule has 0 fully saturated rings. The molecule has 0 unspecified atom stereocenters. The third-order valence-electron chi connectivity index (χ3n) is 3.56. The molecule has 0 saturated carbocycles. The van der Waals surface area contributed by atoms with E-state index in [0.717, 1.165) is 5.57 Å². The first-order chi connectivity index (χ1) is 9.49. The number of hydrogen-bond donors (Lipinski definition) is 2. The van der Waals surface area contributed by atoms with Gasteiger partial charge in [-0.2, -0.15) is 0 Å². The number of aromatic hydroxyl groups is 2. The molecule has 4 heteroatoms. The predicted octanol–water partition coefficient (Wildman–Crippen LogP) is 1.60. The summed E-state index contributed by atoms with van der Waals surface area (Å²) >= 11 is 0. The van der Waals surface area contributed by atoms with Gasteiger partial charge in [-0.25, -0.2) is 0 Å². The molecule has 0 radical (unpaired) electrons. The molecule has 20 heavy (non-hydrogen) atoms. The van der Waals surface area contributed by atoms with E-state index in [2.05, 4.69) is 0 Å². The van der Waals surface area contributed by atoms with Gasteiger partial charge in [0.05, 0.1) is 5.97 Å². The minimum atomic E-state index is -1.18. The second-order valence-electron chi connectivity index (χ2n) is 5.05. The van der Waals surface area contributed by atoms with E-state index >= 15 is 0 Å². The van der Waals surface area contributed by atoms with E-state index in [-0.39, 0.29) is 23.5 Å². The first kappa shape index (κ1) is 14.2. The Morgan fingerprint density at radius 1 is 1.15 bits per heavy atom. The van der Waals surface area contributed by atoms with Gasteiger partial charge in [-0.05, 0) is 50.3 Å². The summed E-state index contributed by atoms with van der Waals surface area (Å²) in [5.41, 5.74) is 2.48. The largest absolute Gasteiger partial charge is 0.545 e. The number of carboxylic acids is 1. The van der Waals surface area contributed by atoms with Crippen molar-refractivity contribution in [2.75, 3.05) is 0 Å². The van der Waals surface area contributed by atoms with Gasteiger partial charge in [-0.15, -0.1) is 0 Å². The van der Waals surface area contributed by atoms with E-state index in [1.54, 1.807) is 6.08 Å². The van der Waals surface area contributed by atoms with E-state index < -0.39 is 5.97 Å². The zero-order valence-electron chi connectivity index (χ0n) is 11.3. The van der Waals surface area contributed by atoms with Gasteiger partial charge in [-0.1, -0.05) is 17.7 Å². The number of hydrogen-bond acceptors (Lipinski definition) is 4. The molecule has 1 aliphatic carbocycles. The fraction of sp³-hybridized carbons (Fsp3) is 0.312. The van der Waals surface area contributed by atoms with E-state index in [4.69, 9.17) is 0 Å². The maximum Gasteiger partial charge on any atom is 0.119 e. The van der Waals surface area contributed by atoms with Gasteiger partial charge in [-0.3, -0.25) is 0 Å². The summed E-state index contributed by atoms with van der Waals surface area (Å²) in [6, 6.07) is 2.88. The topological polar surface area (TPSA) is 80.6 Å². The summed E-state index contributed by atoms with van der Waals surface area (Å²) in [4.78, 5) is 11.1. The Balaban J connectivity index is 2.52. The van der Waals surface area contributed by atoms with Crippen molar-refractivity contribution in [3.05, 3.63) is 46.6 Å². The number of phenols is 2. The lowest BCUT2D eigenvalue weighted by Crippen LogP contribution is -2.24. The predicted molar refractivity (Wildman–Crippen MR) is 73.3 cm³/mol. The quantitative estimate of drug-likeness (QED) is 0.601. The number of carbonyl (C=O) groups excluding carboxylic acids is 1. The number of carbonyl (C=O) groups is 1. The number of fused-ring (bicyclic) bond motifs is 1. The summed E-state index contributed by atoms with van der Waals surface area (Å²) in [5, 5.41) is 31.0. The molecular formula is C16H17O4-. The molecular weight excluding hydrogens is 256 g/mol. The minimum Gasteiger partial charge on any atom is -0.545 e. The minimum absolute atomic E-state index is 0.0696. The molecule has 0 aromatic heterocycles. The molecule has 4 nitrogen and oxygen atoms in total. The van der Waals surface area contributed by atoms with E-state index in [9.17, 15) is 20.1 Å².